The topological polar surface area (TPSA) is 0 Å². The third kappa shape index (κ3) is 7.94. The average molecular weight is 371 g/mol. The van der Waals surface area contributed by atoms with Gasteiger partial charge in [-0.15, -0.1) is 41.9 Å². The molecule has 0 aromatic rings. The first-order valence-corrected chi connectivity index (χ1v) is 10.5. The third-order valence-electron chi connectivity index (χ3n) is 3.97. The summed E-state index contributed by atoms with van der Waals surface area (Å²) in [7, 11) is 0. The highest BCUT2D eigenvalue weighted by atomic mass is 14.4. The molecular weight excluding hydrogens is 336 g/mol. The van der Waals surface area contributed by atoms with Crippen molar-refractivity contribution in [3.05, 3.63) is 0 Å². The van der Waals surface area contributed by atoms with Gasteiger partial charge in [-0.25, -0.2) is 0 Å². The zero-order chi connectivity index (χ0) is 21.1. The van der Waals surface area contributed by atoms with Crippen molar-refractivity contribution < 1.29 is 0 Å². The Balaban J connectivity index is 6.81. The molecule has 0 radical (unpaired) electrons. The van der Waals surface area contributed by atoms with Crippen molar-refractivity contribution in [1.82, 2.24) is 0 Å². The van der Waals surface area contributed by atoms with Crippen LogP contribution >= 0.6 is 0 Å². The Kier molecular flexibility index (Phi) is 14.0. The molecule has 0 heterocycles. The second-order valence-electron chi connectivity index (χ2n) is 6.49. The summed E-state index contributed by atoms with van der Waals surface area (Å²) >= 11 is 0. The van der Waals surface area contributed by atoms with Gasteiger partial charge in [0.2, 0.25) is 0 Å². The maximum atomic E-state index is 6.08. The van der Waals surface area contributed by atoms with Crippen molar-refractivity contribution in [2.24, 2.45) is 10.8 Å². The summed E-state index contributed by atoms with van der Waals surface area (Å²) in [5.74, 6) is 35.7. The zero-order valence-corrected chi connectivity index (χ0v) is 18.4. The van der Waals surface area contributed by atoms with Crippen LogP contribution in [0.1, 0.15) is 92.4 Å². The van der Waals surface area contributed by atoms with Gasteiger partial charge >= 0.3 is 0 Å². The standard InChI is InChI=1S/C28H34/c1-7-13-18-21-26-28(23-17-11-5,25-20-15-9-3)27(12-6,22-16-10-4)24-19-14-8-2/h6H,7-11,13-15,26H2,1-5H3. The summed E-state index contributed by atoms with van der Waals surface area (Å²) in [5.41, 5.74) is -1.90. The maximum absolute atomic E-state index is 6.08. The van der Waals surface area contributed by atoms with E-state index in [0.29, 0.717) is 12.8 Å². The van der Waals surface area contributed by atoms with E-state index in [1.165, 1.54) is 0 Å². The van der Waals surface area contributed by atoms with Crippen LogP contribution in [0.3, 0.4) is 0 Å². The van der Waals surface area contributed by atoms with Crippen LogP contribution in [0.25, 0.3) is 0 Å². The highest BCUT2D eigenvalue weighted by Crippen LogP contribution is 2.41. The molecule has 0 amide bonds. The van der Waals surface area contributed by atoms with E-state index in [1.54, 1.807) is 0 Å². The van der Waals surface area contributed by atoms with Crippen LogP contribution in [-0.4, -0.2) is 0 Å². The molecule has 0 aliphatic heterocycles. The number of unbranched alkanes of at least 4 members (excludes halogenated alkanes) is 3. The molecule has 0 fully saturated rings. The number of rotatable bonds is 5. The first-order chi connectivity index (χ1) is 13.6. The van der Waals surface area contributed by atoms with E-state index in [0.717, 1.165) is 44.9 Å². The van der Waals surface area contributed by atoms with Gasteiger partial charge in [-0.1, -0.05) is 64.2 Å². The molecule has 0 rings (SSSR count). The summed E-state index contributed by atoms with van der Waals surface area (Å²) in [5, 5.41) is 0. The number of hydrogen-bond donors (Lipinski definition) is 0. The van der Waals surface area contributed by atoms with Gasteiger partial charge in [-0.05, 0) is 19.3 Å². The van der Waals surface area contributed by atoms with Gasteiger partial charge in [0, 0.05) is 38.5 Å². The van der Waals surface area contributed by atoms with Gasteiger partial charge in [0.05, 0.1) is 0 Å². The van der Waals surface area contributed by atoms with Crippen LogP contribution in [0.4, 0.5) is 0 Å². The fourth-order valence-electron chi connectivity index (χ4n) is 2.41. The molecule has 0 spiro atoms. The predicted molar refractivity (Wildman–Crippen MR) is 123 cm³/mol. The minimum atomic E-state index is -1.04. The Bertz CT molecular complexity index is 808. The average Bonchev–Trinajstić information content (AvgIpc) is 2.72. The lowest BCUT2D eigenvalue weighted by Gasteiger charge is -2.32. The molecule has 0 saturated carbocycles. The number of terminal acetylenes is 1. The van der Waals surface area contributed by atoms with E-state index in [1.807, 2.05) is 13.8 Å². The minimum absolute atomic E-state index is 0.458. The fraction of sp³-hybridized carbons (Fsp3) is 0.571. The molecule has 146 valence electrons. The van der Waals surface area contributed by atoms with Gasteiger partial charge in [0.25, 0.3) is 0 Å². The molecule has 0 aliphatic carbocycles. The minimum Gasteiger partial charge on any atom is -0.117 e. The SMILES string of the molecule is C#CC(C#CCC)(C#CCCC)C(C#CCC)(C#CCCC)CC#CCCC. The van der Waals surface area contributed by atoms with E-state index >= 15 is 0 Å². The lowest BCUT2D eigenvalue weighted by atomic mass is 9.63. The predicted octanol–water partition coefficient (Wildman–Crippen LogP) is 6.22. The second kappa shape index (κ2) is 15.4. The Morgan fingerprint density at radius 1 is 0.571 bits per heavy atom. The van der Waals surface area contributed by atoms with Gasteiger partial charge < -0.3 is 0 Å². The quantitative estimate of drug-likeness (QED) is 0.504. The summed E-state index contributed by atoms with van der Waals surface area (Å²) in [6.45, 7) is 10.4. The summed E-state index contributed by atoms with van der Waals surface area (Å²) in [4.78, 5) is 0. The number of hydrogen-bond acceptors (Lipinski definition) is 0. The van der Waals surface area contributed by atoms with Crippen molar-refractivity contribution in [1.29, 1.82) is 0 Å². The van der Waals surface area contributed by atoms with E-state index in [-0.39, 0.29) is 0 Å². The molecule has 0 nitrogen and oxygen atoms in total. The third-order valence-corrected chi connectivity index (χ3v) is 3.97. The second-order valence-corrected chi connectivity index (χ2v) is 6.49. The molecule has 2 atom stereocenters. The van der Waals surface area contributed by atoms with Crippen LogP contribution in [-0.2, 0) is 0 Å². The summed E-state index contributed by atoms with van der Waals surface area (Å²) < 4.78 is 0. The molecule has 0 aliphatic rings. The molecule has 0 aromatic carbocycles. The van der Waals surface area contributed by atoms with Crippen molar-refractivity contribution in [3.8, 4) is 71.5 Å². The van der Waals surface area contributed by atoms with Crippen LogP contribution in [0.5, 0.6) is 0 Å². The fourth-order valence-corrected chi connectivity index (χ4v) is 2.41. The monoisotopic (exact) mass is 370 g/mol. The first kappa shape index (κ1) is 25.4. The molecule has 0 bridgehead atoms. The van der Waals surface area contributed by atoms with Crippen LogP contribution in [0.2, 0.25) is 0 Å². The van der Waals surface area contributed by atoms with Gasteiger partial charge in [0.1, 0.15) is 5.41 Å². The van der Waals surface area contributed by atoms with Crippen molar-refractivity contribution in [2.75, 3.05) is 0 Å². The molecule has 0 heteroatoms. The van der Waals surface area contributed by atoms with E-state index in [2.05, 4.69) is 85.9 Å². The Labute approximate surface area is 175 Å². The Morgan fingerprint density at radius 3 is 1.57 bits per heavy atom. The van der Waals surface area contributed by atoms with Gasteiger partial charge in [-0.2, -0.15) is 0 Å². The highest BCUT2D eigenvalue weighted by Gasteiger charge is 2.47. The molecule has 0 aromatic heterocycles. The first-order valence-electron chi connectivity index (χ1n) is 10.5. The van der Waals surface area contributed by atoms with Crippen molar-refractivity contribution in [2.45, 2.75) is 92.4 Å². The van der Waals surface area contributed by atoms with Crippen molar-refractivity contribution in [3.63, 3.8) is 0 Å². The summed E-state index contributed by atoms with van der Waals surface area (Å²) in [6.07, 6.45) is 13.4. The van der Waals surface area contributed by atoms with E-state index < -0.39 is 10.8 Å². The largest absolute Gasteiger partial charge is 0.179 e. The lowest BCUT2D eigenvalue weighted by molar-refractivity contribution is 0.406. The van der Waals surface area contributed by atoms with E-state index in [9.17, 15) is 0 Å². The Hall–Kier alpha value is -2.64. The van der Waals surface area contributed by atoms with Crippen LogP contribution < -0.4 is 0 Å². The summed E-state index contributed by atoms with van der Waals surface area (Å²) in [6, 6.07) is 0. The lowest BCUT2D eigenvalue weighted by Crippen LogP contribution is -2.37. The van der Waals surface area contributed by atoms with Crippen LogP contribution in [0, 0.1) is 82.4 Å². The molecular formula is C28H34. The van der Waals surface area contributed by atoms with E-state index in [4.69, 9.17) is 6.42 Å². The highest BCUT2D eigenvalue weighted by molar-refractivity contribution is 5.51. The Morgan fingerprint density at radius 2 is 1.04 bits per heavy atom. The normalized spacial score (nSPS) is 12.9. The smallest absolute Gasteiger partial charge is 0.117 e. The van der Waals surface area contributed by atoms with Crippen molar-refractivity contribution >= 4 is 0 Å². The molecule has 2 unspecified atom stereocenters. The van der Waals surface area contributed by atoms with Gasteiger partial charge in [-0.3, -0.25) is 0 Å². The molecule has 0 saturated heterocycles. The maximum Gasteiger partial charge on any atom is 0.179 e. The van der Waals surface area contributed by atoms with Crippen LogP contribution in [0.15, 0.2) is 0 Å². The molecule has 0 N–H and O–H groups in total. The molecule has 28 heavy (non-hydrogen) atoms. The van der Waals surface area contributed by atoms with Gasteiger partial charge in [0.15, 0.2) is 5.41 Å². The zero-order valence-electron chi connectivity index (χ0n) is 18.4.